The van der Waals surface area contributed by atoms with Crippen LogP contribution in [0.4, 0.5) is 0 Å². The Labute approximate surface area is 161 Å². The molecule has 26 heavy (non-hydrogen) atoms. The smallest absolute Gasteiger partial charge is 0.194 e. The van der Waals surface area contributed by atoms with Crippen LogP contribution >= 0.6 is 11.3 Å². The Morgan fingerprint density at radius 2 is 2.04 bits per heavy atom. The minimum absolute atomic E-state index is 0.633. The summed E-state index contributed by atoms with van der Waals surface area (Å²) in [6.45, 7) is 9.89. The number of aryl methyl sites for hydroxylation is 1. The van der Waals surface area contributed by atoms with Crippen molar-refractivity contribution in [2.75, 3.05) is 20.2 Å². The predicted molar refractivity (Wildman–Crippen MR) is 110 cm³/mol. The zero-order chi connectivity index (χ0) is 18.8. The van der Waals surface area contributed by atoms with Crippen LogP contribution in [0.5, 0.6) is 0 Å². The third kappa shape index (κ3) is 6.42. The van der Waals surface area contributed by atoms with Crippen LogP contribution in [0.2, 0.25) is 0 Å². The number of aliphatic imine (C=N–C) groups is 1. The van der Waals surface area contributed by atoms with Crippen LogP contribution < -0.4 is 5.32 Å². The van der Waals surface area contributed by atoms with Gasteiger partial charge < -0.3 is 15.0 Å². The summed E-state index contributed by atoms with van der Waals surface area (Å²) in [7, 11) is 2.05. The van der Waals surface area contributed by atoms with Crippen molar-refractivity contribution in [1.29, 1.82) is 0 Å². The number of nitrogens with one attached hydrogen (secondary N) is 1. The molecule has 0 unspecified atom stereocenters. The van der Waals surface area contributed by atoms with Gasteiger partial charge in [0.25, 0.3) is 0 Å². The van der Waals surface area contributed by atoms with E-state index < -0.39 is 0 Å². The van der Waals surface area contributed by atoms with E-state index in [0.717, 1.165) is 42.8 Å². The van der Waals surface area contributed by atoms with Gasteiger partial charge in [0, 0.05) is 25.6 Å². The molecule has 142 valence electrons. The van der Waals surface area contributed by atoms with Crippen LogP contribution in [0, 0.1) is 6.92 Å². The molecule has 0 spiro atoms. The van der Waals surface area contributed by atoms with E-state index in [9.17, 15) is 0 Å². The molecule has 6 heteroatoms. The van der Waals surface area contributed by atoms with E-state index in [-0.39, 0.29) is 0 Å². The van der Waals surface area contributed by atoms with Crippen molar-refractivity contribution in [1.82, 2.24) is 15.2 Å². The summed E-state index contributed by atoms with van der Waals surface area (Å²) >= 11 is 1.68. The van der Waals surface area contributed by atoms with E-state index in [1.54, 1.807) is 11.3 Å². The average Bonchev–Trinajstić information content (AvgIpc) is 3.04. The molecule has 0 bridgehead atoms. The first kappa shape index (κ1) is 20.4. The van der Waals surface area contributed by atoms with Crippen molar-refractivity contribution in [2.24, 2.45) is 4.99 Å². The van der Waals surface area contributed by atoms with Gasteiger partial charge in [-0.15, -0.1) is 11.3 Å². The molecular weight excluding hydrogens is 344 g/mol. The molecule has 2 rings (SSSR count). The third-order valence-corrected chi connectivity index (χ3v) is 4.71. The second-order valence-electron chi connectivity index (χ2n) is 6.21. The first-order valence-corrected chi connectivity index (χ1v) is 10.1. The number of guanidine groups is 1. The fourth-order valence-electron chi connectivity index (χ4n) is 2.61. The molecule has 0 aliphatic carbocycles. The quantitative estimate of drug-likeness (QED) is 0.410. The van der Waals surface area contributed by atoms with Gasteiger partial charge in [0.1, 0.15) is 0 Å². The molecule has 0 atom stereocenters. The zero-order valence-electron chi connectivity index (χ0n) is 16.3. The molecule has 5 nitrogen and oxygen atoms in total. The Hall–Kier alpha value is -1.92. The van der Waals surface area contributed by atoms with E-state index in [4.69, 9.17) is 9.73 Å². The van der Waals surface area contributed by atoms with Gasteiger partial charge in [-0.25, -0.2) is 9.98 Å². The second-order valence-corrected chi connectivity index (χ2v) is 7.27. The molecule has 0 aliphatic heterocycles. The number of aromatic nitrogens is 1. The minimum atomic E-state index is 0.633. The van der Waals surface area contributed by atoms with Gasteiger partial charge in [-0.1, -0.05) is 31.2 Å². The van der Waals surface area contributed by atoms with Gasteiger partial charge in [-0.2, -0.15) is 0 Å². The van der Waals surface area contributed by atoms with Gasteiger partial charge in [0.15, 0.2) is 5.96 Å². The van der Waals surface area contributed by atoms with Crippen molar-refractivity contribution in [2.45, 2.75) is 46.9 Å². The maximum Gasteiger partial charge on any atom is 0.194 e. The molecule has 2 aromatic rings. The SMILES string of the molecule is CCCOCc1ccccc1CN=C(NCC)N(C)Cc1csc(C)n1. The van der Waals surface area contributed by atoms with Gasteiger partial charge >= 0.3 is 0 Å². The molecule has 1 aromatic carbocycles. The molecule has 0 amide bonds. The highest BCUT2D eigenvalue weighted by Crippen LogP contribution is 2.13. The standard InChI is InChI=1S/C20H30N4OS/c1-5-11-25-14-18-10-8-7-9-17(18)12-22-20(21-6-2)24(4)13-19-15-26-16(3)23-19/h7-10,15H,5-6,11-14H2,1-4H3,(H,21,22). The average molecular weight is 375 g/mol. The van der Waals surface area contributed by atoms with Crippen molar-refractivity contribution in [3.63, 3.8) is 0 Å². The van der Waals surface area contributed by atoms with Gasteiger partial charge in [0.2, 0.25) is 0 Å². The number of nitrogens with zero attached hydrogens (tertiary/aromatic N) is 3. The van der Waals surface area contributed by atoms with Crippen LogP contribution in [0.1, 0.15) is 42.1 Å². The predicted octanol–water partition coefficient (Wildman–Crippen LogP) is 3.98. The number of thiazole rings is 1. The normalized spacial score (nSPS) is 11.6. The van der Waals surface area contributed by atoms with Crippen molar-refractivity contribution < 1.29 is 4.74 Å². The topological polar surface area (TPSA) is 49.8 Å². The number of rotatable bonds is 9. The monoisotopic (exact) mass is 374 g/mol. The Morgan fingerprint density at radius 1 is 1.27 bits per heavy atom. The van der Waals surface area contributed by atoms with Crippen LogP contribution in [0.25, 0.3) is 0 Å². The van der Waals surface area contributed by atoms with Crippen LogP contribution in [0.3, 0.4) is 0 Å². The highest BCUT2D eigenvalue weighted by molar-refractivity contribution is 7.09. The molecule has 0 fully saturated rings. The highest BCUT2D eigenvalue weighted by atomic mass is 32.1. The van der Waals surface area contributed by atoms with Crippen molar-refractivity contribution >= 4 is 17.3 Å². The number of benzene rings is 1. The summed E-state index contributed by atoms with van der Waals surface area (Å²) in [6, 6.07) is 8.36. The first-order valence-electron chi connectivity index (χ1n) is 9.19. The van der Waals surface area contributed by atoms with E-state index in [1.165, 1.54) is 11.1 Å². The summed E-state index contributed by atoms with van der Waals surface area (Å²) in [4.78, 5) is 11.5. The first-order chi connectivity index (χ1) is 12.6. The lowest BCUT2D eigenvalue weighted by atomic mass is 10.1. The summed E-state index contributed by atoms with van der Waals surface area (Å²) in [5, 5.41) is 6.57. The summed E-state index contributed by atoms with van der Waals surface area (Å²) in [5.74, 6) is 0.891. The zero-order valence-corrected chi connectivity index (χ0v) is 17.1. The van der Waals surface area contributed by atoms with E-state index in [0.29, 0.717) is 13.2 Å². The molecule has 1 N–H and O–H groups in total. The molecule has 0 aliphatic rings. The molecule has 0 saturated heterocycles. The summed E-state index contributed by atoms with van der Waals surface area (Å²) in [5.41, 5.74) is 3.49. The third-order valence-electron chi connectivity index (χ3n) is 3.89. The fourth-order valence-corrected chi connectivity index (χ4v) is 3.21. The Morgan fingerprint density at radius 3 is 2.69 bits per heavy atom. The van der Waals surface area contributed by atoms with Gasteiger partial charge in [0.05, 0.1) is 30.4 Å². The van der Waals surface area contributed by atoms with Crippen LogP contribution in [-0.2, 0) is 24.4 Å². The van der Waals surface area contributed by atoms with E-state index >= 15 is 0 Å². The summed E-state index contributed by atoms with van der Waals surface area (Å²) in [6.07, 6.45) is 1.03. The molecule has 1 heterocycles. The summed E-state index contributed by atoms with van der Waals surface area (Å²) < 4.78 is 5.71. The molecule has 0 radical (unpaired) electrons. The lowest BCUT2D eigenvalue weighted by Crippen LogP contribution is -2.38. The van der Waals surface area contributed by atoms with E-state index in [1.807, 2.05) is 14.0 Å². The Kier molecular flexibility index (Phi) is 8.58. The van der Waals surface area contributed by atoms with Crippen LogP contribution in [0.15, 0.2) is 34.6 Å². The number of hydrogen-bond donors (Lipinski definition) is 1. The maximum atomic E-state index is 5.71. The lowest BCUT2D eigenvalue weighted by molar-refractivity contribution is 0.121. The number of ether oxygens (including phenoxy) is 1. The lowest BCUT2D eigenvalue weighted by Gasteiger charge is -2.21. The van der Waals surface area contributed by atoms with E-state index in [2.05, 4.69) is 58.7 Å². The fraction of sp³-hybridized carbons (Fsp3) is 0.500. The molecular formula is C20H30N4OS. The minimum Gasteiger partial charge on any atom is -0.377 e. The Bertz CT molecular complexity index is 699. The number of hydrogen-bond acceptors (Lipinski definition) is 4. The largest absolute Gasteiger partial charge is 0.377 e. The molecule has 1 aromatic heterocycles. The van der Waals surface area contributed by atoms with Crippen molar-refractivity contribution in [3.8, 4) is 0 Å². The van der Waals surface area contributed by atoms with Crippen LogP contribution in [-0.4, -0.2) is 36.0 Å². The Balaban J connectivity index is 2.06. The second kappa shape index (κ2) is 10.9. The molecule has 0 saturated carbocycles. The van der Waals surface area contributed by atoms with Gasteiger partial charge in [-0.3, -0.25) is 0 Å². The maximum absolute atomic E-state index is 5.71. The van der Waals surface area contributed by atoms with Gasteiger partial charge in [-0.05, 0) is 31.4 Å². The highest BCUT2D eigenvalue weighted by Gasteiger charge is 2.09. The van der Waals surface area contributed by atoms with Crippen molar-refractivity contribution in [3.05, 3.63) is 51.5 Å².